The monoisotopic (exact) mass is 419 g/mol. The molecule has 0 atom stereocenters. The number of ether oxygens (including phenoxy) is 2. The molecule has 0 aromatic heterocycles. The van der Waals surface area contributed by atoms with Gasteiger partial charge >= 0.3 is 5.97 Å². The Morgan fingerprint density at radius 2 is 1.86 bits per heavy atom. The fourth-order valence-corrected chi connectivity index (χ4v) is 3.36. The minimum absolute atomic E-state index is 0.235. The van der Waals surface area contributed by atoms with E-state index in [0.29, 0.717) is 30.4 Å². The summed E-state index contributed by atoms with van der Waals surface area (Å²) < 4.78 is 23.5. The molecule has 0 heterocycles. The average Bonchev–Trinajstić information content (AvgIpc) is 2.74. The number of aliphatic imine (C=N–C) groups is 1. The molecule has 0 aliphatic carbocycles. The second-order valence-electron chi connectivity index (χ2n) is 6.15. The zero-order valence-corrected chi connectivity index (χ0v) is 17.9. The van der Waals surface area contributed by atoms with Gasteiger partial charge in [0.15, 0.2) is 5.96 Å². The largest absolute Gasteiger partial charge is 0.496 e. The smallest absolute Gasteiger partial charge is 0.341 e. The molecule has 0 radical (unpaired) electrons. The lowest BCUT2D eigenvalue weighted by Gasteiger charge is -2.15. The summed E-state index contributed by atoms with van der Waals surface area (Å²) in [7, 11) is 4.52. The van der Waals surface area contributed by atoms with Crippen LogP contribution in [0.15, 0.2) is 41.4 Å². The van der Waals surface area contributed by atoms with Crippen LogP contribution in [0.25, 0.3) is 0 Å². The van der Waals surface area contributed by atoms with E-state index in [1.165, 1.54) is 20.3 Å². The van der Waals surface area contributed by atoms with Crippen molar-refractivity contribution >= 4 is 23.7 Å². The molecule has 2 rings (SSSR count). The maximum atomic E-state index is 13.5. The Hall–Kier alpha value is -2.74. The molecule has 0 saturated carbocycles. The molecule has 2 N–H and O–H groups in total. The highest BCUT2D eigenvalue weighted by molar-refractivity contribution is 7.97. The normalized spacial score (nSPS) is 11.1. The van der Waals surface area contributed by atoms with Crippen molar-refractivity contribution in [1.82, 2.24) is 10.6 Å². The molecule has 0 unspecified atom stereocenters. The van der Waals surface area contributed by atoms with Crippen molar-refractivity contribution in [2.45, 2.75) is 18.8 Å². The van der Waals surface area contributed by atoms with Crippen molar-refractivity contribution in [2.75, 3.05) is 27.5 Å². The summed E-state index contributed by atoms with van der Waals surface area (Å²) in [5, 5.41) is 6.44. The molecule has 0 fully saturated rings. The topological polar surface area (TPSA) is 72.0 Å². The second-order valence-corrected chi connectivity index (χ2v) is 7.02. The average molecular weight is 420 g/mol. The number of benzene rings is 2. The lowest BCUT2D eigenvalue weighted by molar-refractivity contribution is 0.0597. The Balaban J connectivity index is 2.02. The number of hydrogen-bond acceptors (Lipinski definition) is 5. The quantitative estimate of drug-likeness (QED) is 0.388. The van der Waals surface area contributed by atoms with E-state index in [1.807, 2.05) is 12.3 Å². The SMILES string of the molecule is CN=C(NCc1ccc(OC)c(C(=O)OC)c1)NCc1ccc(F)cc1CSC. The van der Waals surface area contributed by atoms with Gasteiger partial charge in [0.05, 0.1) is 14.2 Å². The maximum Gasteiger partial charge on any atom is 0.341 e. The van der Waals surface area contributed by atoms with Crippen LogP contribution < -0.4 is 15.4 Å². The molecule has 0 aliphatic heterocycles. The molecule has 2 aromatic carbocycles. The van der Waals surface area contributed by atoms with Crippen molar-refractivity contribution in [3.63, 3.8) is 0 Å². The number of rotatable bonds is 8. The summed E-state index contributed by atoms with van der Waals surface area (Å²) in [5.41, 5.74) is 3.21. The highest BCUT2D eigenvalue weighted by Gasteiger charge is 2.13. The number of methoxy groups -OCH3 is 2. The number of hydrogen-bond donors (Lipinski definition) is 2. The van der Waals surface area contributed by atoms with E-state index in [-0.39, 0.29) is 5.82 Å². The first kappa shape index (κ1) is 22.5. The highest BCUT2D eigenvalue weighted by atomic mass is 32.2. The van der Waals surface area contributed by atoms with Gasteiger partial charge < -0.3 is 20.1 Å². The van der Waals surface area contributed by atoms with Crippen LogP contribution in [0.1, 0.15) is 27.0 Å². The highest BCUT2D eigenvalue weighted by Crippen LogP contribution is 2.21. The van der Waals surface area contributed by atoms with Gasteiger partial charge in [-0.25, -0.2) is 9.18 Å². The van der Waals surface area contributed by atoms with Gasteiger partial charge in [0.1, 0.15) is 17.1 Å². The van der Waals surface area contributed by atoms with Gasteiger partial charge in [0, 0.05) is 25.9 Å². The Morgan fingerprint density at radius 3 is 2.52 bits per heavy atom. The fourth-order valence-electron chi connectivity index (χ4n) is 2.78. The lowest BCUT2D eigenvalue weighted by Crippen LogP contribution is -2.36. The molecule has 6 nitrogen and oxygen atoms in total. The third kappa shape index (κ3) is 6.39. The number of nitrogens with zero attached hydrogens (tertiary/aromatic N) is 1. The van der Waals surface area contributed by atoms with E-state index >= 15 is 0 Å². The molecule has 8 heteroatoms. The van der Waals surface area contributed by atoms with Gasteiger partial charge in [-0.15, -0.1) is 0 Å². The number of nitrogens with one attached hydrogen (secondary N) is 2. The molecular weight excluding hydrogens is 393 g/mol. The summed E-state index contributed by atoms with van der Waals surface area (Å²) in [4.78, 5) is 16.1. The standard InChI is InChI=1S/C21H26FN3O3S/c1-23-21(25-12-15-6-7-17(22)10-16(15)13-29-4)24-11-14-5-8-19(27-2)18(9-14)20(26)28-3/h5-10H,11-13H2,1-4H3,(H2,23,24,25). The Kier molecular flexibility index (Phi) is 8.79. The van der Waals surface area contributed by atoms with E-state index in [4.69, 9.17) is 9.47 Å². The predicted molar refractivity (Wildman–Crippen MR) is 115 cm³/mol. The number of carbonyl (C=O) groups excluding carboxylic acids is 1. The molecule has 0 bridgehead atoms. The molecule has 2 aromatic rings. The number of esters is 1. The summed E-state index contributed by atoms with van der Waals surface area (Å²) >= 11 is 1.65. The minimum atomic E-state index is -0.455. The lowest BCUT2D eigenvalue weighted by atomic mass is 10.1. The van der Waals surface area contributed by atoms with E-state index < -0.39 is 5.97 Å². The van der Waals surface area contributed by atoms with Crippen molar-refractivity contribution in [1.29, 1.82) is 0 Å². The van der Waals surface area contributed by atoms with Gasteiger partial charge in [0.2, 0.25) is 0 Å². The Morgan fingerprint density at radius 1 is 1.10 bits per heavy atom. The predicted octanol–water partition coefficient (Wildman–Crippen LogP) is 3.35. The second kappa shape index (κ2) is 11.3. The van der Waals surface area contributed by atoms with E-state index in [2.05, 4.69) is 15.6 Å². The maximum absolute atomic E-state index is 13.5. The summed E-state index contributed by atoms with van der Waals surface area (Å²) in [6, 6.07) is 10.1. The van der Waals surface area contributed by atoms with Crippen LogP contribution in [0.4, 0.5) is 4.39 Å². The number of halogens is 1. The first-order valence-corrected chi connectivity index (χ1v) is 10.4. The van der Waals surface area contributed by atoms with Crippen LogP contribution in [-0.2, 0) is 23.6 Å². The van der Waals surface area contributed by atoms with Gasteiger partial charge in [0.25, 0.3) is 0 Å². The van der Waals surface area contributed by atoms with E-state index in [0.717, 1.165) is 22.4 Å². The minimum Gasteiger partial charge on any atom is -0.496 e. The Labute approximate surface area is 174 Å². The molecule has 0 amide bonds. The van der Waals surface area contributed by atoms with Crippen LogP contribution in [0.3, 0.4) is 0 Å². The van der Waals surface area contributed by atoms with Crippen molar-refractivity contribution in [3.05, 3.63) is 64.5 Å². The molecule has 0 aliphatic rings. The van der Waals surface area contributed by atoms with Gasteiger partial charge in [-0.3, -0.25) is 4.99 Å². The van der Waals surface area contributed by atoms with Crippen LogP contribution in [0.5, 0.6) is 5.75 Å². The molecule has 156 valence electrons. The fraction of sp³-hybridized carbons (Fsp3) is 0.333. The summed E-state index contributed by atoms with van der Waals surface area (Å²) in [6.07, 6.45) is 1.99. The van der Waals surface area contributed by atoms with Gasteiger partial charge in [-0.2, -0.15) is 11.8 Å². The number of thioether (sulfide) groups is 1. The molecule has 29 heavy (non-hydrogen) atoms. The van der Waals surface area contributed by atoms with Gasteiger partial charge in [-0.05, 0) is 47.2 Å². The molecule has 0 saturated heterocycles. The summed E-state index contributed by atoms with van der Waals surface area (Å²) in [6.45, 7) is 0.973. The first-order valence-electron chi connectivity index (χ1n) is 8.98. The van der Waals surface area contributed by atoms with Crippen LogP contribution >= 0.6 is 11.8 Å². The number of carbonyl (C=O) groups is 1. The van der Waals surface area contributed by atoms with Crippen LogP contribution in [0.2, 0.25) is 0 Å². The van der Waals surface area contributed by atoms with Crippen molar-refractivity contribution < 1.29 is 18.7 Å². The zero-order chi connectivity index (χ0) is 21.2. The Bertz CT molecular complexity index is 874. The van der Waals surface area contributed by atoms with Crippen molar-refractivity contribution in [2.24, 2.45) is 4.99 Å². The zero-order valence-electron chi connectivity index (χ0n) is 17.0. The third-order valence-corrected chi connectivity index (χ3v) is 4.87. The van der Waals surface area contributed by atoms with Crippen LogP contribution in [-0.4, -0.2) is 39.5 Å². The van der Waals surface area contributed by atoms with E-state index in [1.54, 1.807) is 43.1 Å². The molecule has 0 spiro atoms. The first-order chi connectivity index (χ1) is 14.0. The van der Waals surface area contributed by atoms with Crippen molar-refractivity contribution in [3.8, 4) is 5.75 Å². The van der Waals surface area contributed by atoms with Gasteiger partial charge in [-0.1, -0.05) is 12.1 Å². The summed E-state index contributed by atoms with van der Waals surface area (Å²) in [5.74, 6) is 1.11. The van der Waals surface area contributed by atoms with E-state index in [9.17, 15) is 9.18 Å². The third-order valence-electron chi connectivity index (χ3n) is 4.27. The number of guanidine groups is 1. The molecular formula is C21H26FN3O3S. The van der Waals surface area contributed by atoms with Crippen LogP contribution in [0, 0.1) is 5.82 Å².